The van der Waals surface area contributed by atoms with Crippen LogP contribution in [0.1, 0.15) is 5.56 Å². The van der Waals surface area contributed by atoms with Gasteiger partial charge in [0.1, 0.15) is 13.2 Å². The molecule has 0 aliphatic carbocycles. The molecule has 134 valence electrons. The van der Waals surface area contributed by atoms with Crippen LogP contribution in [-0.2, 0) is 12.8 Å². The summed E-state index contributed by atoms with van der Waals surface area (Å²) in [6.07, 6.45) is 0. The van der Waals surface area contributed by atoms with E-state index in [2.05, 4.69) is 10.2 Å². The van der Waals surface area contributed by atoms with Gasteiger partial charge in [-0.3, -0.25) is 0 Å². The Morgan fingerprint density at radius 2 is 1.81 bits per heavy atom. The topological polar surface area (TPSA) is 49.2 Å². The number of nitrogens with zero attached hydrogens (tertiary/aromatic N) is 3. The van der Waals surface area contributed by atoms with Gasteiger partial charge in [0.2, 0.25) is 0 Å². The summed E-state index contributed by atoms with van der Waals surface area (Å²) in [5.41, 5.74) is 2.01. The summed E-state index contributed by atoms with van der Waals surface area (Å²) in [6.45, 7) is 1.13. The van der Waals surface area contributed by atoms with Crippen molar-refractivity contribution in [1.82, 2.24) is 14.8 Å². The first-order chi connectivity index (χ1) is 12.6. The normalized spacial score (nSPS) is 13.0. The van der Waals surface area contributed by atoms with E-state index in [0.717, 1.165) is 39.4 Å². The number of benzene rings is 2. The van der Waals surface area contributed by atoms with Gasteiger partial charge in [0.05, 0.1) is 10.0 Å². The van der Waals surface area contributed by atoms with Crippen LogP contribution in [0.2, 0.25) is 10.0 Å². The summed E-state index contributed by atoms with van der Waals surface area (Å²) < 4.78 is 13.2. The molecule has 0 atom stereocenters. The monoisotopic (exact) mass is 407 g/mol. The fourth-order valence-electron chi connectivity index (χ4n) is 2.65. The molecule has 0 radical (unpaired) electrons. The second-order valence-corrected chi connectivity index (χ2v) is 7.52. The second-order valence-electron chi connectivity index (χ2n) is 5.76. The molecule has 5 nitrogen and oxygen atoms in total. The second kappa shape index (κ2) is 7.39. The van der Waals surface area contributed by atoms with Gasteiger partial charge in [-0.05, 0) is 35.9 Å². The van der Waals surface area contributed by atoms with Gasteiger partial charge >= 0.3 is 0 Å². The molecule has 1 aliphatic heterocycles. The van der Waals surface area contributed by atoms with Gasteiger partial charge in [0, 0.05) is 18.4 Å². The molecule has 2 aromatic carbocycles. The molecular formula is C18H15Cl2N3O2S. The van der Waals surface area contributed by atoms with E-state index < -0.39 is 0 Å². The van der Waals surface area contributed by atoms with Crippen LogP contribution in [0, 0.1) is 0 Å². The van der Waals surface area contributed by atoms with Crippen molar-refractivity contribution in [3.63, 3.8) is 0 Å². The van der Waals surface area contributed by atoms with Crippen molar-refractivity contribution < 1.29 is 9.47 Å². The lowest BCUT2D eigenvalue weighted by atomic mass is 10.2. The Morgan fingerprint density at radius 3 is 2.62 bits per heavy atom. The molecule has 0 fully saturated rings. The summed E-state index contributed by atoms with van der Waals surface area (Å²) >= 11 is 13.6. The minimum atomic E-state index is 0.555. The number of thioether (sulfide) groups is 1. The highest BCUT2D eigenvalue weighted by Crippen LogP contribution is 2.35. The van der Waals surface area contributed by atoms with E-state index in [-0.39, 0.29) is 0 Å². The highest BCUT2D eigenvalue weighted by Gasteiger charge is 2.16. The fraction of sp³-hybridized carbons (Fsp3) is 0.222. The molecule has 0 saturated carbocycles. The smallest absolute Gasteiger partial charge is 0.191 e. The van der Waals surface area contributed by atoms with Crippen LogP contribution in [0.25, 0.3) is 11.4 Å². The molecule has 0 N–H and O–H groups in total. The van der Waals surface area contributed by atoms with Crippen molar-refractivity contribution in [3.8, 4) is 22.9 Å². The zero-order chi connectivity index (χ0) is 18.1. The fourth-order valence-corrected chi connectivity index (χ4v) is 3.83. The van der Waals surface area contributed by atoms with E-state index in [1.165, 1.54) is 0 Å². The summed E-state index contributed by atoms with van der Waals surface area (Å²) in [4.78, 5) is 0. The first-order valence-electron chi connectivity index (χ1n) is 7.98. The minimum Gasteiger partial charge on any atom is -0.486 e. The molecule has 1 aliphatic rings. The lowest BCUT2D eigenvalue weighted by Crippen LogP contribution is -2.15. The maximum atomic E-state index is 6.07. The molecular weight excluding hydrogens is 393 g/mol. The number of hydrogen-bond acceptors (Lipinski definition) is 5. The maximum absolute atomic E-state index is 6.07. The van der Waals surface area contributed by atoms with E-state index in [0.29, 0.717) is 23.3 Å². The Kier molecular flexibility index (Phi) is 4.98. The third-order valence-corrected chi connectivity index (χ3v) is 5.82. The number of fused-ring (bicyclic) bond motifs is 1. The van der Waals surface area contributed by atoms with Gasteiger partial charge in [0.15, 0.2) is 22.5 Å². The third kappa shape index (κ3) is 3.49. The minimum absolute atomic E-state index is 0.555. The van der Waals surface area contributed by atoms with Crippen LogP contribution >= 0.6 is 35.0 Å². The third-order valence-electron chi connectivity index (χ3n) is 3.99. The lowest BCUT2D eigenvalue weighted by molar-refractivity contribution is 0.171. The molecule has 2 heterocycles. The first kappa shape index (κ1) is 17.5. The molecule has 0 saturated heterocycles. The first-order valence-corrected chi connectivity index (χ1v) is 9.72. The number of aromatic nitrogens is 3. The predicted molar refractivity (Wildman–Crippen MR) is 103 cm³/mol. The van der Waals surface area contributed by atoms with Crippen molar-refractivity contribution in [3.05, 3.63) is 52.0 Å². The van der Waals surface area contributed by atoms with Gasteiger partial charge in [-0.1, -0.05) is 41.0 Å². The number of hydrogen-bond donors (Lipinski definition) is 0. The van der Waals surface area contributed by atoms with Gasteiger partial charge < -0.3 is 14.0 Å². The zero-order valence-corrected chi connectivity index (χ0v) is 16.2. The Hall–Kier alpha value is -1.89. The Balaban J connectivity index is 1.53. The van der Waals surface area contributed by atoms with Crippen LogP contribution in [0.3, 0.4) is 0 Å². The maximum Gasteiger partial charge on any atom is 0.191 e. The van der Waals surface area contributed by atoms with Crippen molar-refractivity contribution in [2.24, 2.45) is 7.05 Å². The van der Waals surface area contributed by atoms with Crippen LogP contribution in [-0.4, -0.2) is 28.0 Å². The van der Waals surface area contributed by atoms with Crippen molar-refractivity contribution in [2.75, 3.05) is 13.2 Å². The molecule has 0 bridgehead atoms. The predicted octanol–water partition coefficient (Wildman–Crippen LogP) is 4.85. The Labute approximate surface area is 165 Å². The van der Waals surface area contributed by atoms with E-state index in [4.69, 9.17) is 32.7 Å². The van der Waals surface area contributed by atoms with Gasteiger partial charge in [-0.15, -0.1) is 10.2 Å². The molecule has 1 aromatic heterocycles. The number of rotatable bonds is 4. The average molecular weight is 408 g/mol. The summed E-state index contributed by atoms with van der Waals surface area (Å²) in [5, 5.41) is 10.6. The largest absolute Gasteiger partial charge is 0.486 e. The summed E-state index contributed by atoms with van der Waals surface area (Å²) in [7, 11) is 1.95. The van der Waals surface area contributed by atoms with Crippen LogP contribution in [0.15, 0.2) is 41.6 Å². The SMILES string of the molecule is Cn1c(SCc2ccc(Cl)c(Cl)c2)nnc1-c1ccc2c(c1)OCCO2. The molecule has 3 aromatic rings. The lowest BCUT2D eigenvalue weighted by Gasteiger charge is -2.18. The van der Waals surface area contributed by atoms with Gasteiger partial charge in [-0.25, -0.2) is 0 Å². The standard InChI is InChI=1S/C18H15Cl2N3O2S/c1-23-17(12-3-5-15-16(9-12)25-7-6-24-15)21-22-18(23)26-10-11-2-4-13(19)14(20)8-11/h2-5,8-9H,6-7,10H2,1H3. The zero-order valence-electron chi connectivity index (χ0n) is 13.9. The molecule has 0 amide bonds. The Morgan fingerprint density at radius 1 is 1.00 bits per heavy atom. The van der Waals surface area contributed by atoms with E-state index in [9.17, 15) is 0 Å². The van der Waals surface area contributed by atoms with Crippen molar-refractivity contribution in [1.29, 1.82) is 0 Å². The van der Waals surface area contributed by atoms with Crippen LogP contribution in [0.4, 0.5) is 0 Å². The highest BCUT2D eigenvalue weighted by atomic mass is 35.5. The van der Waals surface area contributed by atoms with Crippen LogP contribution in [0.5, 0.6) is 11.5 Å². The molecule has 0 unspecified atom stereocenters. The van der Waals surface area contributed by atoms with E-state index in [1.807, 2.05) is 41.9 Å². The van der Waals surface area contributed by atoms with E-state index >= 15 is 0 Å². The quantitative estimate of drug-likeness (QED) is 0.578. The molecule has 0 spiro atoms. The summed E-state index contributed by atoms with van der Waals surface area (Å²) in [6, 6.07) is 11.4. The van der Waals surface area contributed by atoms with E-state index in [1.54, 1.807) is 17.8 Å². The average Bonchev–Trinajstić information content (AvgIpc) is 3.03. The van der Waals surface area contributed by atoms with Gasteiger partial charge in [-0.2, -0.15) is 0 Å². The Bertz CT molecular complexity index is 962. The molecule has 4 rings (SSSR count). The molecule has 26 heavy (non-hydrogen) atoms. The van der Waals surface area contributed by atoms with Crippen LogP contribution < -0.4 is 9.47 Å². The summed E-state index contributed by atoms with van der Waals surface area (Å²) in [5.74, 6) is 3.00. The number of halogens is 2. The number of ether oxygens (including phenoxy) is 2. The van der Waals surface area contributed by atoms with Crippen molar-refractivity contribution in [2.45, 2.75) is 10.9 Å². The van der Waals surface area contributed by atoms with Crippen molar-refractivity contribution >= 4 is 35.0 Å². The van der Waals surface area contributed by atoms with Gasteiger partial charge in [0.25, 0.3) is 0 Å². The molecule has 8 heteroatoms. The highest BCUT2D eigenvalue weighted by molar-refractivity contribution is 7.98.